The van der Waals surface area contributed by atoms with Crippen molar-refractivity contribution in [2.24, 2.45) is 0 Å². The van der Waals surface area contributed by atoms with Crippen molar-refractivity contribution < 1.29 is 4.74 Å². The van der Waals surface area contributed by atoms with Crippen LogP contribution in [0.5, 0.6) is 5.75 Å². The first-order valence-corrected chi connectivity index (χ1v) is 7.71. The third-order valence-corrected chi connectivity index (χ3v) is 3.89. The van der Waals surface area contributed by atoms with Gasteiger partial charge in [-0.1, -0.05) is 31.2 Å². The molecule has 2 aromatic rings. The smallest absolute Gasteiger partial charge is 0.127 e. The maximum atomic E-state index is 5.97. The Kier molecular flexibility index (Phi) is 4.20. The Labute approximate surface area is 126 Å². The minimum atomic E-state index is 0.0861. The first kappa shape index (κ1) is 14.1. The summed E-state index contributed by atoms with van der Waals surface area (Å²) in [5, 5.41) is 3.55. The Morgan fingerprint density at radius 2 is 2.10 bits per heavy atom. The van der Waals surface area contributed by atoms with Gasteiger partial charge in [-0.05, 0) is 44.0 Å². The third-order valence-electron chi connectivity index (χ3n) is 3.89. The molecule has 1 N–H and O–H groups in total. The number of benzene rings is 1. The zero-order valence-corrected chi connectivity index (χ0v) is 12.7. The quantitative estimate of drug-likeness (QED) is 0.933. The molecule has 3 heteroatoms. The fourth-order valence-electron chi connectivity index (χ4n) is 2.94. The maximum Gasteiger partial charge on any atom is 0.127 e. The van der Waals surface area contributed by atoms with Crippen LogP contribution in [0.2, 0.25) is 0 Å². The lowest BCUT2D eigenvalue weighted by Gasteiger charge is -2.25. The number of hydrogen-bond acceptors (Lipinski definition) is 3. The Morgan fingerprint density at radius 3 is 2.90 bits per heavy atom. The van der Waals surface area contributed by atoms with E-state index in [1.165, 1.54) is 11.1 Å². The lowest BCUT2D eigenvalue weighted by atomic mass is 9.96. The molecule has 0 amide bonds. The van der Waals surface area contributed by atoms with E-state index in [0.717, 1.165) is 43.1 Å². The summed E-state index contributed by atoms with van der Waals surface area (Å²) in [6, 6.07) is 12.7. The molecule has 0 aliphatic carbocycles. The second-order valence-electron chi connectivity index (χ2n) is 5.48. The minimum Gasteiger partial charge on any atom is -0.493 e. The first-order valence-electron chi connectivity index (χ1n) is 7.71. The highest BCUT2D eigenvalue weighted by atomic mass is 16.5. The molecule has 21 heavy (non-hydrogen) atoms. The van der Waals surface area contributed by atoms with Gasteiger partial charge in [0.1, 0.15) is 5.75 Å². The van der Waals surface area contributed by atoms with E-state index in [2.05, 4.69) is 42.6 Å². The summed E-state index contributed by atoms with van der Waals surface area (Å²) in [6.07, 6.45) is 2.20. The predicted molar refractivity (Wildman–Crippen MR) is 84.8 cm³/mol. The van der Waals surface area contributed by atoms with E-state index in [4.69, 9.17) is 9.72 Å². The van der Waals surface area contributed by atoms with E-state index in [1.807, 2.05) is 13.0 Å². The lowest BCUT2D eigenvalue weighted by molar-refractivity contribution is 0.283. The van der Waals surface area contributed by atoms with E-state index in [1.54, 1.807) is 0 Å². The number of pyridine rings is 1. The lowest BCUT2D eigenvalue weighted by Crippen LogP contribution is -2.25. The van der Waals surface area contributed by atoms with Gasteiger partial charge >= 0.3 is 0 Å². The van der Waals surface area contributed by atoms with Gasteiger partial charge in [-0.3, -0.25) is 4.98 Å². The van der Waals surface area contributed by atoms with Gasteiger partial charge in [-0.25, -0.2) is 0 Å². The molecule has 0 saturated heterocycles. The highest BCUT2D eigenvalue weighted by Gasteiger charge is 2.22. The SMILES string of the molecule is CCNC(c1cccc(C)n1)c1cccc2c1OCCC2. The van der Waals surface area contributed by atoms with Crippen LogP contribution in [0.15, 0.2) is 36.4 Å². The summed E-state index contributed by atoms with van der Waals surface area (Å²) in [7, 11) is 0. The minimum absolute atomic E-state index is 0.0861. The van der Waals surface area contributed by atoms with E-state index in [-0.39, 0.29) is 6.04 Å². The average molecular weight is 282 g/mol. The number of ether oxygens (including phenoxy) is 1. The zero-order chi connectivity index (χ0) is 14.7. The van der Waals surface area contributed by atoms with Crippen molar-refractivity contribution in [3.8, 4) is 5.75 Å². The van der Waals surface area contributed by atoms with Crippen LogP contribution in [0.25, 0.3) is 0 Å². The Bertz CT molecular complexity index is 624. The fourth-order valence-corrected chi connectivity index (χ4v) is 2.94. The van der Waals surface area contributed by atoms with Crippen molar-refractivity contribution in [3.63, 3.8) is 0 Å². The van der Waals surface area contributed by atoms with Crippen LogP contribution in [0.1, 0.15) is 41.9 Å². The summed E-state index contributed by atoms with van der Waals surface area (Å²) in [6.45, 7) is 5.86. The molecule has 1 aliphatic heterocycles. The highest BCUT2D eigenvalue weighted by molar-refractivity contribution is 5.47. The van der Waals surface area contributed by atoms with Crippen LogP contribution in [0.3, 0.4) is 0 Å². The first-order chi connectivity index (χ1) is 10.3. The van der Waals surface area contributed by atoms with Crippen molar-refractivity contribution in [3.05, 3.63) is 58.9 Å². The summed E-state index contributed by atoms with van der Waals surface area (Å²) >= 11 is 0. The van der Waals surface area contributed by atoms with Gasteiger partial charge < -0.3 is 10.1 Å². The standard InChI is InChI=1S/C18H22N2O/c1-3-19-17(16-11-4-7-13(2)20-16)15-10-5-8-14-9-6-12-21-18(14)15/h4-5,7-8,10-11,17,19H,3,6,9,12H2,1-2H3. The second-order valence-corrected chi connectivity index (χ2v) is 5.48. The van der Waals surface area contributed by atoms with Crippen molar-refractivity contribution in [1.82, 2.24) is 10.3 Å². The van der Waals surface area contributed by atoms with Gasteiger partial charge in [0.15, 0.2) is 0 Å². The number of rotatable bonds is 4. The van der Waals surface area contributed by atoms with E-state index < -0.39 is 0 Å². The number of nitrogens with zero attached hydrogens (tertiary/aromatic N) is 1. The molecule has 1 aliphatic rings. The molecule has 0 bridgehead atoms. The van der Waals surface area contributed by atoms with Gasteiger partial charge in [-0.2, -0.15) is 0 Å². The zero-order valence-electron chi connectivity index (χ0n) is 12.7. The largest absolute Gasteiger partial charge is 0.493 e. The number of aromatic nitrogens is 1. The maximum absolute atomic E-state index is 5.97. The Morgan fingerprint density at radius 1 is 1.24 bits per heavy atom. The van der Waals surface area contributed by atoms with Gasteiger partial charge in [0.2, 0.25) is 0 Å². The number of nitrogens with one attached hydrogen (secondary N) is 1. The number of aryl methyl sites for hydroxylation is 2. The predicted octanol–water partition coefficient (Wildman–Crippen LogP) is 3.41. The van der Waals surface area contributed by atoms with Crippen molar-refractivity contribution in [2.75, 3.05) is 13.2 Å². The Balaban J connectivity index is 2.05. The topological polar surface area (TPSA) is 34.2 Å². The Hall–Kier alpha value is -1.87. The van der Waals surface area contributed by atoms with Crippen molar-refractivity contribution in [2.45, 2.75) is 32.7 Å². The molecule has 2 heterocycles. The van der Waals surface area contributed by atoms with E-state index in [9.17, 15) is 0 Å². The van der Waals surface area contributed by atoms with Gasteiger partial charge in [0, 0.05) is 11.3 Å². The summed E-state index contributed by atoms with van der Waals surface area (Å²) < 4.78 is 5.97. The average Bonchev–Trinajstić information content (AvgIpc) is 2.52. The van der Waals surface area contributed by atoms with Crippen LogP contribution in [-0.4, -0.2) is 18.1 Å². The van der Waals surface area contributed by atoms with Crippen molar-refractivity contribution in [1.29, 1.82) is 0 Å². The molecule has 0 saturated carbocycles. The molecule has 1 aromatic carbocycles. The monoisotopic (exact) mass is 282 g/mol. The number of fused-ring (bicyclic) bond motifs is 1. The van der Waals surface area contributed by atoms with Gasteiger partial charge in [-0.15, -0.1) is 0 Å². The van der Waals surface area contributed by atoms with Gasteiger partial charge in [0.25, 0.3) is 0 Å². The van der Waals surface area contributed by atoms with Crippen LogP contribution in [-0.2, 0) is 6.42 Å². The van der Waals surface area contributed by atoms with Gasteiger partial charge in [0.05, 0.1) is 18.3 Å². The molecule has 0 radical (unpaired) electrons. The molecular formula is C18H22N2O. The molecule has 3 nitrogen and oxygen atoms in total. The second kappa shape index (κ2) is 6.27. The summed E-state index contributed by atoms with van der Waals surface area (Å²) in [5.41, 5.74) is 4.61. The molecule has 110 valence electrons. The highest BCUT2D eigenvalue weighted by Crippen LogP contribution is 2.35. The normalized spacial score (nSPS) is 15.1. The molecule has 3 rings (SSSR count). The molecule has 1 aromatic heterocycles. The molecular weight excluding hydrogens is 260 g/mol. The molecule has 0 spiro atoms. The summed E-state index contributed by atoms with van der Waals surface area (Å²) in [4.78, 5) is 4.70. The molecule has 1 unspecified atom stereocenters. The number of hydrogen-bond donors (Lipinski definition) is 1. The van der Waals surface area contributed by atoms with Crippen molar-refractivity contribution >= 4 is 0 Å². The van der Waals surface area contributed by atoms with E-state index >= 15 is 0 Å². The summed E-state index contributed by atoms with van der Waals surface area (Å²) in [5.74, 6) is 1.05. The number of para-hydroxylation sites is 1. The van der Waals surface area contributed by atoms with E-state index in [0.29, 0.717) is 0 Å². The van der Waals surface area contributed by atoms with Crippen LogP contribution in [0.4, 0.5) is 0 Å². The third kappa shape index (κ3) is 2.93. The molecule has 0 fully saturated rings. The van der Waals surface area contributed by atoms with Crippen LogP contribution in [0, 0.1) is 6.92 Å². The van der Waals surface area contributed by atoms with Crippen LogP contribution >= 0.6 is 0 Å². The van der Waals surface area contributed by atoms with Crippen LogP contribution < -0.4 is 10.1 Å². The fraction of sp³-hybridized carbons (Fsp3) is 0.389. The molecule has 1 atom stereocenters.